The summed E-state index contributed by atoms with van der Waals surface area (Å²) in [7, 11) is 0. The average Bonchev–Trinajstić information content (AvgIpc) is 3.50. The molecule has 0 saturated carbocycles. The van der Waals surface area contributed by atoms with Crippen molar-refractivity contribution in [2.75, 3.05) is 11.9 Å². The first-order valence-corrected chi connectivity index (χ1v) is 13.1. The first-order chi connectivity index (χ1) is 18.4. The summed E-state index contributed by atoms with van der Waals surface area (Å²) >= 11 is 0. The van der Waals surface area contributed by atoms with Gasteiger partial charge in [0.05, 0.1) is 24.0 Å². The number of rotatable bonds is 8. The summed E-state index contributed by atoms with van der Waals surface area (Å²) in [6.45, 7) is 7.34. The van der Waals surface area contributed by atoms with Crippen LogP contribution in [-0.2, 0) is 16.0 Å². The Morgan fingerprint density at radius 2 is 1.63 bits per heavy atom. The summed E-state index contributed by atoms with van der Waals surface area (Å²) in [5.74, 6) is -0.448. The minimum absolute atomic E-state index is 0.0347. The number of hydrogen-bond donors (Lipinski definition) is 1. The molecular formula is C32H33FN2O3. The van der Waals surface area contributed by atoms with Crippen molar-refractivity contribution >= 4 is 11.6 Å². The molecule has 5 nitrogen and oxygen atoms in total. The van der Waals surface area contributed by atoms with E-state index in [2.05, 4.69) is 23.7 Å². The number of hydrogen-bond acceptors (Lipinski definition) is 3. The van der Waals surface area contributed by atoms with Crippen molar-refractivity contribution < 1.29 is 18.7 Å². The SMILES string of the molecule is CC1COC(CCn2c(-c3ccc(F)cc3)c(-c3ccccc3)c(C(=O)Nc3ccccc3)c2C(C)C)O1. The zero-order chi connectivity index (χ0) is 26.6. The van der Waals surface area contributed by atoms with E-state index in [0.29, 0.717) is 25.1 Å². The zero-order valence-corrected chi connectivity index (χ0v) is 22.0. The maximum atomic E-state index is 14.1. The molecule has 0 radical (unpaired) electrons. The normalized spacial score (nSPS) is 17.2. The Morgan fingerprint density at radius 1 is 0.974 bits per heavy atom. The molecule has 6 heteroatoms. The molecule has 1 aromatic heterocycles. The fourth-order valence-corrected chi connectivity index (χ4v) is 5.17. The average molecular weight is 513 g/mol. The van der Waals surface area contributed by atoms with E-state index in [0.717, 1.165) is 33.8 Å². The van der Waals surface area contributed by atoms with Crippen molar-refractivity contribution in [3.63, 3.8) is 0 Å². The Balaban J connectivity index is 1.72. The van der Waals surface area contributed by atoms with Crippen LogP contribution in [0.25, 0.3) is 22.4 Å². The highest BCUT2D eigenvalue weighted by Gasteiger charge is 2.31. The molecule has 1 saturated heterocycles. The molecule has 1 N–H and O–H groups in total. The Hall–Kier alpha value is -3.74. The molecule has 1 aliphatic heterocycles. The number of benzene rings is 3. The second-order valence-corrected chi connectivity index (χ2v) is 9.98. The van der Waals surface area contributed by atoms with Gasteiger partial charge in [0.15, 0.2) is 6.29 Å². The minimum Gasteiger partial charge on any atom is -0.350 e. The third kappa shape index (κ3) is 5.42. The van der Waals surface area contributed by atoms with E-state index >= 15 is 0 Å². The summed E-state index contributed by atoms with van der Waals surface area (Å²) in [5, 5.41) is 3.11. The summed E-state index contributed by atoms with van der Waals surface area (Å²) in [6.07, 6.45) is 0.370. The van der Waals surface area contributed by atoms with Crippen LogP contribution in [0.15, 0.2) is 84.9 Å². The molecule has 38 heavy (non-hydrogen) atoms. The molecule has 5 rings (SSSR count). The highest BCUT2D eigenvalue weighted by molar-refractivity contribution is 6.12. The summed E-state index contributed by atoms with van der Waals surface area (Å²) in [5.41, 5.74) is 5.74. The Morgan fingerprint density at radius 3 is 2.24 bits per heavy atom. The lowest BCUT2D eigenvalue weighted by Crippen LogP contribution is -2.18. The fraction of sp³-hybridized carbons (Fsp3) is 0.281. The molecule has 0 bridgehead atoms. The highest BCUT2D eigenvalue weighted by atomic mass is 19.1. The number of ether oxygens (including phenoxy) is 2. The lowest BCUT2D eigenvalue weighted by atomic mass is 9.94. The predicted molar refractivity (Wildman–Crippen MR) is 149 cm³/mol. The molecule has 3 aromatic carbocycles. The van der Waals surface area contributed by atoms with Gasteiger partial charge in [-0.2, -0.15) is 0 Å². The lowest BCUT2D eigenvalue weighted by Gasteiger charge is -2.19. The van der Waals surface area contributed by atoms with Crippen LogP contribution in [0.1, 0.15) is 49.2 Å². The van der Waals surface area contributed by atoms with E-state index < -0.39 is 0 Å². The quantitative estimate of drug-likeness (QED) is 0.266. The van der Waals surface area contributed by atoms with E-state index in [-0.39, 0.29) is 30.0 Å². The first kappa shape index (κ1) is 25.9. The van der Waals surface area contributed by atoms with Crippen LogP contribution in [0.3, 0.4) is 0 Å². The third-order valence-corrected chi connectivity index (χ3v) is 6.78. The zero-order valence-electron chi connectivity index (χ0n) is 22.0. The van der Waals surface area contributed by atoms with Crippen molar-refractivity contribution in [3.05, 3.63) is 102 Å². The van der Waals surface area contributed by atoms with Crippen LogP contribution >= 0.6 is 0 Å². The van der Waals surface area contributed by atoms with Gasteiger partial charge in [-0.25, -0.2) is 4.39 Å². The first-order valence-electron chi connectivity index (χ1n) is 13.1. The number of nitrogens with one attached hydrogen (secondary N) is 1. The molecule has 0 spiro atoms. The van der Waals surface area contributed by atoms with Crippen LogP contribution in [-0.4, -0.2) is 29.5 Å². The van der Waals surface area contributed by atoms with Crippen LogP contribution in [0.2, 0.25) is 0 Å². The van der Waals surface area contributed by atoms with E-state index in [4.69, 9.17) is 9.47 Å². The molecule has 1 amide bonds. The van der Waals surface area contributed by atoms with E-state index in [1.54, 1.807) is 12.1 Å². The summed E-state index contributed by atoms with van der Waals surface area (Å²) in [4.78, 5) is 14.1. The Bertz CT molecular complexity index is 1380. The molecular weight excluding hydrogens is 479 g/mol. The summed E-state index contributed by atoms with van der Waals surface area (Å²) in [6, 6.07) is 25.9. The lowest BCUT2D eigenvalue weighted by molar-refractivity contribution is -0.0614. The molecule has 2 heterocycles. The number of halogens is 1. The van der Waals surface area contributed by atoms with Crippen LogP contribution in [0, 0.1) is 5.82 Å². The van der Waals surface area contributed by atoms with Crippen molar-refractivity contribution in [3.8, 4) is 22.4 Å². The third-order valence-electron chi connectivity index (χ3n) is 6.78. The van der Waals surface area contributed by atoms with Crippen molar-refractivity contribution in [1.82, 2.24) is 4.57 Å². The minimum atomic E-state index is -0.310. The number of carbonyl (C=O) groups excluding carboxylic acids is 1. The molecule has 2 atom stereocenters. The Kier molecular flexibility index (Phi) is 7.72. The number of nitrogens with zero attached hydrogens (tertiary/aromatic N) is 1. The smallest absolute Gasteiger partial charge is 0.258 e. The van der Waals surface area contributed by atoms with Crippen molar-refractivity contribution in [1.29, 1.82) is 0 Å². The van der Waals surface area contributed by atoms with Crippen molar-refractivity contribution in [2.45, 2.75) is 52.0 Å². The van der Waals surface area contributed by atoms with Gasteiger partial charge in [-0.1, -0.05) is 62.4 Å². The maximum absolute atomic E-state index is 14.1. The number of amides is 1. The van der Waals surface area contributed by atoms with Gasteiger partial charge >= 0.3 is 0 Å². The van der Waals surface area contributed by atoms with Gasteiger partial charge in [0, 0.05) is 29.9 Å². The molecule has 196 valence electrons. The van der Waals surface area contributed by atoms with Gasteiger partial charge in [-0.15, -0.1) is 0 Å². The number of aromatic nitrogens is 1. The number of para-hydroxylation sites is 1. The van der Waals surface area contributed by atoms with E-state index in [1.807, 2.05) is 67.6 Å². The topological polar surface area (TPSA) is 52.5 Å². The highest BCUT2D eigenvalue weighted by Crippen LogP contribution is 2.42. The molecule has 0 aliphatic carbocycles. The van der Waals surface area contributed by atoms with Crippen LogP contribution in [0.5, 0.6) is 0 Å². The maximum Gasteiger partial charge on any atom is 0.258 e. The molecule has 4 aromatic rings. The predicted octanol–water partition coefficient (Wildman–Crippen LogP) is 7.49. The fourth-order valence-electron chi connectivity index (χ4n) is 5.17. The number of anilines is 1. The van der Waals surface area contributed by atoms with E-state index in [9.17, 15) is 9.18 Å². The molecule has 2 unspecified atom stereocenters. The molecule has 1 aliphatic rings. The Labute approximate surface area is 223 Å². The van der Waals surface area contributed by atoms with Crippen molar-refractivity contribution in [2.24, 2.45) is 0 Å². The number of carbonyl (C=O) groups is 1. The summed E-state index contributed by atoms with van der Waals surface area (Å²) < 4.78 is 28.0. The van der Waals surface area contributed by atoms with Gasteiger partial charge in [-0.05, 0) is 60.4 Å². The largest absolute Gasteiger partial charge is 0.350 e. The van der Waals surface area contributed by atoms with Gasteiger partial charge in [0.2, 0.25) is 0 Å². The van der Waals surface area contributed by atoms with Gasteiger partial charge in [0.1, 0.15) is 5.82 Å². The second kappa shape index (κ2) is 11.3. The standard InChI is InChI=1S/C32H33FN2O3/c1-21(2)30-29(32(36)34-26-12-8-5-9-13-26)28(23-10-6-4-7-11-23)31(24-14-16-25(33)17-15-24)35(30)19-18-27-37-20-22(3)38-27/h4-17,21-22,27H,18-20H2,1-3H3,(H,34,36). The molecule has 1 fully saturated rings. The van der Waals surface area contributed by atoms with Crippen LogP contribution in [0.4, 0.5) is 10.1 Å². The second-order valence-electron chi connectivity index (χ2n) is 9.98. The van der Waals surface area contributed by atoms with Crippen LogP contribution < -0.4 is 5.32 Å². The van der Waals surface area contributed by atoms with E-state index in [1.165, 1.54) is 12.1 Å². The van der Waals surface area contributed by atoms with Gasteiger partial charge in [-0.3, -0.25) is 4.79 Å². The van der Waals surface area contributed by atoms with Gasteiger partial charge in [0.25, 0.3) is 5.91 Å². The monoisotopic (exact) mass is 512 g/mol. The van der Waals surface area contributed by atoms with Gasteiger partial charge < -0.3 is 19.4 Å².